The largest absolute Gasteiger partial charge is 0.481 e. The molecule has 0 radical (unpaired) electrons. The lowest BCUT2D eigenvalue weighted by Gasteiger charge is -2.14. The first-order chi connectivity index (χ1) is 6.54. The van der Waals surface area contributed by atoms with E-state index in [9.17, 15) is 14.9 Å². The van der Waals surface area contributed by atoms with E-state index in [4.69, 9.17) is 9.84 Å². The van der Waals surface area contributed by atoms with Crippen LogP contribution in [0.5, 0.6) is 0 Å². The van der Waals surface area contributed by atoms with E-state index in [2.05, 4.69) is 4.84 Å². The Labute approximate surface area is 79.7 Å². The van der Waals surface area contributed by atoms with Gasteiger partial charge < -0.3 is 14.7 Å². The molecule has 2 unspecified atom stereocenters. The van der Waals surface area contributed by atoms with Crippen molar-refractivity contribution in [2.75, 3.05) is 7.11 Å². The number of methoxy groups -OCH3 is 1. The number of carboxylic acids is 1. The summed E-state index contributed by atoms with van der Waals surface area (Å²) in [4.78, 5) is 25.0. The van der Waals surface area contributed by atoms with Crippen molar-refractivity contribution in [1.82, 2.24) is 0 Å². The van der Waals surface area contributed by atoms with Crippen molar-refractivity contribution in [3.8, 4) is 0 Å². The van der Waals surface area contributed by atoms with Crippen LogP contribution in [0, 0.1) is 16.0 Å². The van der Waals surface area contributed by atoms with Gasteiger partial charge in [-0.05, 0) is 12.8 Å². The Morgan fingerprint density at radius 3 is 2.50 bits per heavy atom. The molecule has 80 valence electrons. The smallest absolute Gasteiger partial charge is 0.306 e. The maximum Gasteiger partial charge on any atom is 0.306 e. The van der Waals surface area contributed by atoms with Crippen molar-refractivity contribution in [2.45, 2.75) is 25.0 Å². The Balaban J connectivity index is 2.57. The highest BCUT2D eigenvalue weighted by Gasteiger charge is 2.40. The molecule has 0 amide bonds. The van der Waals surface area contributed by atoms with E-state index in [0.717, 1.165) is 0 Å². The first kappa shape index (κ1) is 10.7. The average molecular weight is 205 g/mol. The quantitative estimate of drug-likeness (QED) is 0.515. The van der Waals surface area contributed by atoms with Gasteiger partial charge in [0.1, 0.15) is 6.10 Å². The Morgan fingerprint density at radius 1 is 1.50 bits per heavy atom. The first-order valence-electron chi connectivity index (χ1n) is 4.11. The predicted molar refractivity (Wildman–Crippen MR) is 43.0 cm³/mol. The molecule has 7 nitrogen and oxygen atoms in total. The molecule has 1 aliphatic carbocycles. The fraction of sp³-hybridized carbons (Fsp3) is 0.857. The summed E-state index contributed by atoms with van der Waals surface area (Å²) in [6.07, 6.45) is -0.906. The van der Waals surface area contributed by atoms with Gasteiger partial charge >= 0.3 is 5.97 Å². The fourth-order valence-corrected chi connectivity index (χ4v) is 1.63. The Kier molecular flexibility index (Phi) is 3.23. The van der Waals surface area contributed by atoms with Gasteiger partial charge in [0.15, 0.2) is 0 Å². The molecule has 0 spiro atoms. The molecule has 0 aliphatic heterocycles. The van der Waals surface area contributed by atoms with Crippen LogP contribution in [0.3, 0.4) is 0 Å². The lowest BCUT2D eigenvalue weighted by Crippen LogP contribution is -2.27. The van der Waals surface area contributed by atoms with Crippen LogP contribution < -0.4 is 0 Å². The number of rotatable bonds is 4. The minimum atomic E-state index is -0.971. The zero-order chi connectivity index (χ0) is 10.7. The molecule has 1 rings (SSSR count). The number of carboxylic acid groups (broad SMARTS) is 1. The van der Waals surface area contributed by atoms with Crippen molar-refractivity contribution in [1.29, 1.82) is 0 Å². The normalized spacial score (nSPS) is 31.4. The van der Waals surface area contributed by atoms with E-state index in [-0.39, 0.29) is 12.8 Å². The van der Waals surface area contributed by atoms with E-state index >= 15 is 0 Å². The molecule has 1 saturated carbocycles. The number of nitrogens with zero attached hydrogens (tertiary/aromatic N) is 1. The summed E-state index contributed by atoms with van der Waals surface area (Å²) in [6, 6.07) is 0. The van der Waals surface area contributed by atoms with Gasteiger partial charge in [-0.1, -0.05) is 0 Å². The second-order valence-corrected chi connectivity index (χ2v) is 3.15. The zero-order valence-electron chi connectivity index (χ0n) is 7.58. The summed E-state index contributed by atoms with van der Waals surface area (Å²) in [5.41, 5.74) is 0. The topological polar surface area (TPSA) is 98.9 Å². The average Bonchev–Trinajstić information content (AvgIpc) is 2.46. The number of aliphatic carboxylic acids is 1. The minimum absolute atomic E-state index is 0.120. The van der Waals surface area contributed by atoms with Crippen LogP contribution in [0.1, 0.15) is 12.8 Å². The second-order valence-electron chi connectivity index (χ2n) is 3.15. The van der Waals surface area contributed by atoms with Crippen LogP contribution >= 0.6 is 0 Å². The molecule has 0 heterocycles. The van der Waals surface area contributed by atoms with Gasteiger partial charge in [0.25, 0.3) is 5.09 Å². The summed E-state index contributed by atoms with van der Waals surface area (Å²) >= 11 is 0. The van der Waals surface area contributed by atoms with Crippen molar-refractivity contribution >= 4 is 5.97 Å². The van der Waals surface area contributed by atoms with E-state index in [1.54, 1.807) is 0 Å². The third kappa shape index (κ3) is 2.32. The fourth-order valence-electron chi connectivity index (χ4n) is 1.63. The van der Waals surface area contributed by atoms with Gasteiger partial charge in [-0.25, -0.2) is 0 Å². The summed E-state index contributed by atoms with van der Waals surface area (Å²) in [6.45, 7) is 0. The molecule has 1 N–H and O–H groups in total. The van der Waals surface area contributed by atoms with Crippen LogP contribution in [0.15, 0.2) is 0 Å². The maximum absolute atomic E-state index is 10.6. The SMILES string of the molecule is COC1C[C@H](C(=O)O)CC1O[N+](=O)[O-]. The standard InChI is InChI=1S/C7H11NO6/c1-13-5-2-4(7(9)10)3-6(5)14-8(11)12/h4-6H,2-3H2,1H3,(H,9,10)/t4-,5?,6?/m0/s1. The van der Waals surface area contributed by atoms with E-state index < -0.39 is 29.2 Å². The molecule has 0 saturated heterocycles. The highest BCUT2D eigenvalue weighted by molar-refractivity contribution is 5.70. The molecular weight excluding hydrogens is 194 g/mol. The van der Waals surface area contributed by atoms with E-state index in [1.807, 2.05) is 0 Å². The molecule has 7 heteroatoms. The molecule has 0 aromatic rings. The predicted octanol–water partition coefficient (Wildman–Crippen LogP) is 0.0729. The van der Waals surface area contributed by atoms with Gasteiger partial charge in [0.05, 0.1) is 12.0 Å². The zero-order valence-corrected chi connectivity index (χ0v) is 7.58. The lowest BCUT2D eigenvalue weighted by atomic mass is 10.1. The Hall–Kier alpha value is -1.37. The Bertz CT molecular complexity index is 242. The molecule has 0 bridgehead atoms. The van der Waals surface area contributed by atoms with Crippen LogP contribution in [-0.4, -0.2) is 35.5 Å². The third-order valence-electron chi connectivity index (χ3n) is 2.32. The van der Waals surface area contributed by atoms with E-state index in [0.29, 0.717) is 0 Å². The molecule has 0 aromatic heterocycles. The highest BCUT2D eigenvalue weighted by atomic mass is 17.0. The molecular formula is C7H11NO6. The second kappa shape index (κ2) is 4.23. The van der Waals surface area contributed by atoms with Crippen molar-refractivity contribution in [2.24, 2.45) is 5.92 Å². The summed E-state index contributed by atoms with van der Waals surface area (Å²) in [5, 5.41) is 17.9. The van der Waals surface area contributed by atoms with E-state index in [1.165, 1.54) is 7.11 Å². The molecule has 0 aromatic carbocycles. The molecule has 1 fully saturated rings. The third-order valence-corrected chi connectivity index (χ3v) is 2.32. The van der Waals surface area contributed by atoms with Crippen molar-refractivity contribution in [3.63, 3.8) is 0 Å². The van der Waals surface area contributed by atoms with Gasteiger partial charge in [0, 0.05) is 7.11 Å². The van der Waals surface area contributed by atoms with Crippen LogP contribution in [0.2, 0.25) is 0 Å². The Morgan fingerprint density at radius 2 is 2.07 bits per heavy atom. The van der Waals surface area contributed by atoms with Crippen LogP contribution in [0.25, 0.3) is 0 Å². The van der Waals surface area contributed by atoms with Gasteiger partial charge in [0.2, 0.25) is 0 Å². The van der Waals surface area contributed by atoms with Gasteiger partial charge in [-0.3, -0.25) is 4.79 Å². The number of ether oxygens (including phenoxy) is 1. The molecule has 1 aliphatic rings. The lowest BCUT2D eigenvalue weighted by molar-refractivity contribution is -0.770. The van der Waals surface area contributed by atoms with Crippen LogP contribution in [0.4, 0.5) is 0 Å². The first-order valence-corrected chi connectivity index (χ1v) is 4.11. The van der Waals surface area contributed by atoms with Crippen molar-refractivity contribution in [3.05, 3.63) is 10.1 Å². The monoisotopic (exact) mass is 205 g/mol. The summed E-state index contributed by atoms with van der Waals surface area (Å²) < 4.78 is 4.91. The molecule has 14 heavy (non-hydrogen) atoms. The number of carbonyl (C=O) groups is 1. The highest BCUT2D eigenvalue weighted by Crippen LogP contribution is 2.30. The van der Waals surface area contributed by atoms with Gasteiger partial charge in [-0.15, -0.1) is 10.1 Å². The summed E-state index contributed by atoms with van der Waals surface area (Å²) in [5.74, 6) is -1.59. The number of hydrogen-bond acceptors (Lipinski definition) is 5. The summed E-state index contributed by atoms with van der Waals surface area (Å²) in [7, 11) is 1.38. The minimum Gasteiger partial charge on any atom is -0.481 e. The maximum atomic E-state index is 10.6. The van der Waals surface area contributed by atoms with Crippen molar-refractivity contribution < 1.29 is 24.6 Å². The molecule has 3 atom stereocenters. The van der Waals surface area contributed by atoms with Crippen LogP contribution in [-0.2, 0) is 14.4 Å². The number of hydrogen-bond donors (Lipinski definition) is 1. The van der Waals surface area contributed by atoms with Gasteiger partial charge in [-0.2, -0.15) is 0 Å².